The van der Waals surface area contributed by atoms with Gasteiger partial charge in [0, 0.05) is 25.3 Å². The fraction of sp³-hybridized carbons (Fsp3) is 0.200. The molecule has 0 amide bonds. The summed E-state index contributed by atoms with van der Waals surface area (Å²) in [7, 11) is 3.99. The summed E-state index contributed by atoms with van der Waals surface area (Å²) >= 11 is 0. The normalized spacial score (nSPS) is 15.4. The van der Waals surface area contributed by atoms with Crippen LogP contribution in [0.1, 0.15) is 23.6 Å². The molecule has 0 radical (unpaired) electrons. The second-order valence-electron chi connectivity index (χ2n) is 5.91. The molecule has 24 heavy (non-hydrogen) atoms. The van der Waals surface area contributed by atoms with E-state index in [1.54, 1.807) is 0 Å². The Morgan fingerprint density at radius 3 is 2.29 bits per heavy atom. The first-order valence-corrected chi connectivity index (χ1v) is 7.96. The van der Waals surface area contributed by atoms with Crippen molar-refractivity contribution >= 4 is 23.4 Å². The van der Waals surface area contributed by atoms with E-state index in [1.807, 2.05) is 73.6 Å². The maximum absolute atomic E-state index is 12.0. The van der Waals surface area contributed by atoms with Crippen LogP contribution in [0, 0.1) is 0 Å². The van der Waals surface area contributed by atoms with Gasteiger partial charge in [-0.15, -0.1) is 0 Å². The smallest absolute Gasteiger partial charge is 0.368 e. The molecule has 0 atom stereocenters. The van der Waals surface area contributed by atoms with Crippen LogP contribution in [-0.2, 0) is 16.1 Å². The molecule has 0 unspecified atom stereocenters. The third kappa shape index (κ3) is 3.23. The van der Waals surface area contributed by atoms with Gasteiger partial charge in [0.2, 0.25) is 0 Å². The van der Waals surface area contributed by atoms with Gasteiger partial charge >= 0.3 is 5.97 Å². The SMILES string of the molecule is CCc1ccc(C2=NOC(=O)C2=Cc2ccc(N(C)C)cc2)cc1. The molecule has 1 heterocycles. The highest BCUT2D eigenvalue weighted by Crippen LogP contribution is 2.22. The average molecular weight is 320 g/mol. The van der Waals surface area contributed by atoms with E-state index in [2.05, 4.69) is 12.1 Å². The topological polar surface area (TPSA) is 41.9 Å². The van der Waals surface area contributed by atoms with Gasteiger partial charge in [-0.25, -0.2) is 4.79 Å². The minimum absolute atomic E-state index is 0.416. The van der Waals surface area contributed by atoms with E-state index in [9.17, 15) is 4.79 Å². The zero-order valence-corrected chi connectivity index (χ0v) is 14.1. The van der Waals surface area contributed by atoms with E-state index in [1.165, 1.54) is 5.56 Å². The van der Waals surface area contributed by atoms with Crippen LogP contribution in [0.4, 0.5) is 5.69 Å². The van der Waals surface area contributed by atoms with E-state index < -0.39 is 5.97 Å². The lowest BCUT2D eigenvalue weighted by molar-refractivity contribution is -0.136. The predicted octanol–water partition coefficient (Wildman–Crippen LogP) is 3.66. The number of nitrogens with zero attached hydrogens (tertiary/aromatic N) is 2. The highest BCUT2D eigenvalue weighted by atomic mass is 16.7. The number of oxime groups is 1. The molecular weight excluding hydrogens is 300 g/mol. The zero-order valence-electron chi connectivity index (χ0n) is 14.1. The molecule has 0 N–H and O–H groups in total. The Bertz CT molecular complexity index is 801. The molecule has 2 aromatic carbocycles. The van der Waals surface area contributed by atoms with Crippen molar-refractivity contribution < 1.29 is 9.63 Å². The van der Waals surface area contributed by atoms with E-state index in [-0.39, 0.29) is 0 Å². The Hall–Kier alpha value is -2.88. The van der Waals surface area contributed by atoms with E-state index >= 15 is 0 Å². The largest absolute Gasteiger partial charge is 0.378 e. The van der Waals surface area contributed by atoms with Crippen molar-refractivity contribution in [2.24, 2.45) is 5.16 Å². The maximum atomic E-state index is 12.0. The van der Waals surface area contributed by atoms with Crippen LogP contribution in [0.25, 0.3) is 6.08 Å². The molecule has 4 nitrogen and oxygen atoms in total. The highest BCUT2D eigenvalue weighted by Gasteiger charge is 2.26. The van der Waals surface area contributed by atoms with Gasteiger partial charge in [0.25, 0.3) is 0 Å². The average Bonchev–Trinajstić information content (AvgIpc) is 2.96. The van der Waals surface area contributed by atoms with Gasteiger partial charge < -0.3 is 9.74 Å². The molecule has 1 aliphatic rings. The molecular formula is C20H20N2O2. The van der Waals surface area contributed by atoms with E-state index in [4.69, 9.17) is 4.84 Å². The number of aryl methyl sites for hydroxylation is 1. The molecule has 0 saturated heterocycles. The zero-order chi connectivity index (χ0) is 17.1. The fourth-order valence-corrected chi connectivity index (χ4v) is 2.55. The van der Waals surface area contributed by atoms with Crippen LogP contribution in [0.15, 0.2) is 59.3 Å². The van der Waals surface area contributed by atoms with Crippen LogP contribution in [0.2, 0.25) is 0 Å². The molecule has 0 saturated carbocycles. The molecule has 2 aromatic rings. The van der Waals surface area contributed by atoms with Gasteiger partial charge in [0.15, 0.2) is 0 Å². The maximum Gasteiger partial charge on any atom is 0.368 e. The van der Waals surface area contributed by atoms with Crippen molar-refractivity contribution in [2.45, 2.75) is 13.3 Å². The lowest BCUT2D eigenvalue weighted by atomic mass is 9.99. The Morgan fingerprint density at radius 2 is 1.71 bits per heavy atom. The first-order valence-electron chi connectivity index (χ1n) is 7.96. The number of hydrogen-bond donors (Lipinski definition) is 0. The lowest BCUT2D eigenvalue weighted by Crippen LogP contribution is -2.08. The molecule has 0 fully saturated rings. The van der Waals surface area contributed by atoms with Crippen molar-refractivity contribution in [2.75, 3.05) is 19.0 Å². The van der Waals surface area contributed by atoms with E-state index in [0.717, 1.165) is 23.2 Å². The number of benzene rings is 2. The minimum atomic E-state index is -0.416. The van der Waals surface area contributed by atoms with Crippen LogP contribution in [0.3, 0.4) is 0 Å². The number of carbonyl (C=O) groups excluding carboxylic acids is 1. The Kier molecular flexibility index (Phi) is 4.47. The lowest BCUT2D eigenvalue weighted by Gasteiger charge is -2.12. The summed E-state index contributed by atoms with van der Waals surface area (Å²) in [4.78, 5) is 19.0. The standard InChI is InChI=1S/C20H20N2O2/c1-4-14-5-9-16(10-6-14)19-18(20(23)24-21-19)13-15-7-11-17(12-8-15)22(2)3/h5-13H,4H2,1-3H3. The first-order chi connectivity index (χ1) is 11.6. The third-order valence-electron chi connectivity index (χ3n) is 4.05. The quantitative estimate of drug-likeness (QED) is 0.638. The molecule has 0 bridgehead atoms. The van der Waals surface area contributed by atoms with Crippen LogP contribution >= 0.6 is 0 Å². The van der Waals surface area contributed by atoms with Gasteiger partial charge in [0.05, 0.1) is 5.57 Å². The summed E-state index contributed by atoms with van der Waals surface area (Å²) < 4.78 is 0. The van der Waals surface area contributed by atoms with Gasteiger partial charge in [-0.05, 0) is 35.8 Å². The van der Waals surface area contributed by atoms with Crippen molar-refractivity contribution in [1.82, 2.24) is 0 Å². The second kappa shape index (κ2) is 6.71. The van der Waals surface area contributed by atoms with Crippen molar-refractivity contribution in [3.8, 4) is 0 Å². The molecule has 0 aliphatic carbocycles. The minimum Gasteiger partial charge on any atom is -0.378 e. The van der Waals surface area contributed by atoms with Gasteiger partial charge in [0.1, 0.15) is 5.71 Å². The van der Waals surface area contributed by atoms with Crippen LogP contribution in [-0.4, -0.2) is 25.8 Å². The molecule has 0 aromatic heterocycles. The Morgan fingerprint density at radius 1 is 1.04 bits per heavy atom. The fourth-order valence-electron chi connectivity index (χ4n) is 2.55. The summed E-state index contributed by atoms with van der Waals surface area (Å²) in [5, 5.41) is 3.96. The third-order valence-corrected chi connectivity index (χ3v) is 4.05. The molecule has 3 rings (SSSR count). The first kappa shape index (κ1) is 16.0. The summed E-state index contributed by atoms with van der Waals surface area (Å²) in [5.41, 5.74) is 5.24. The van der Waals surface area contributed by atoms with Crippen molar-refractivity contribution in [3.05, 3.63) is 70.8 Å². The molecule has 0 spiro atoms. The summed E-state index contributed by atoms with van der Waals surface area (Å²) in [6, 6.07) is 16.0. The van der Waals surface area contributed by atoms with Crippen LogP contribution in [0.5, 0.6) is 0 Å². The Labute approximate surface area is 142 Å². The van der Waals surface area contributed by atoms with Crippen molar-refractivity contribution in [3.63, 3.8) is 0 Å². The number of carbonyl (C=O) groups is 1. The Balaban J connectivity index is 1.92. The van der Waals surface area contributed by atoms with Gasteiger partial charge in [-0.1, -0.05) is 48.5 Å². The number of anilines is 1. The summed E-state index contributed by atoms with van der Waals surface area (Å²) in [6.45, 7) is 2.11. The number of rotatable bonds is 4. The predicted molar refractivity (Wildman–Crippen MR) is 97.2 cm³/mol. The van der Waals surface area contributed by atoms with Gasteiger partial charge in [-0.3, -0.25) is 0 Å². The summed E-state index contributed by atoms with van der Waals surface area (Å²) in [6.07, 6.45) is 2.80. The van der Waals surface area contributed by atoms with Crippen molar-refractivity contribution in [1.29, 1.82) is 0 Å². The number of hydrogen-bond acceptors (Lipinski definition) is 4. The summed E-state index contributed by atoms with van der Waals surface area (Å²) in [5.74, 6) is -0.416. The molecule has 122 valence electrons. The molecule has 1 aliphatic heterocycles. The molecule has 4 heteroatoms. The van der Waals surface area contributed by atoms with Crippen LogP contribution < -0.4 is 4.90 Å². The second-order valence-corrected chi connectivity index (χ2v) is 5.91. The van der Waals surface area contributed by atoms with Gasteiger partial charge in [-0.2, -0.15) is 0 Å². The monoisotopic (exact) mass is 320 g/mol. The van der Waals surface area contributed by atoms with E-state index in [0.29, 0.717) is 11.3 Å². The highest BCUT2D eigenvalue weighted by molar-refractivity contribution is 6.31.